The van der Waals surface area contributed by atoms with E-state index in [0.717, 1.165) is 73.7 Å². The molecule has 0 saturated carbocycles. The number of morpholine rings is 1. The maximum absolute atomic E-state index is 13.4. The SMILES string of the molecule is O=C1/C(=C/c2ccc(N3CCCCC3)cc2)SC(=Nc2ccccc2)N1CCCN1CCOCC1. The van der Waals surface area contributed by atoms with Crippen LogP contribution in [0.5, 0.6) is 0 Å². The first kappa shape index (κ1) is 24.1. The number of hydrogen-bond donors (Lipinski definition) is 0. The van der Waals surface area contributed by atoms with Crippen LogP contribution in [0.4, 0.5) is 11.4 Å². The van der Waals surface area contributed by atoms with Gasteiger partial charge >= 0.3 is 0 Å². The molecule has 3 aliphatic rings. The number of piperidine rings is 1. The molecule has 2 aromatic carbocycles. The minimum atomic E-state index is 0.0479. The van der Waals surface area contributed by atoms with Crippen LogP contribution in [0, 0.1) is 0 Å². The molecule has 3 aliphatic heterocycles. The molecule has 2 aromatic rings. The van der Waals surface area contributed by atoms with Gasteiger partial charge in [0.05, 0.1) is 23.8 Å². The number of amidine groups is 1. The molecule has 0 N–H and O–H groups in total. The van der Waals surface area contributed by atoms with E-state index in [1.54, 1.807) is 0 Å². The molecule has 3 saturated heterocycles. The molecular formula is C28H34N4O2S. The van der Waals surface area contributed by atoms with Crippen molar-refractivity contribution in [3.63, 3.8) is 0 Å². The van der Waals surface area contributed by atoms with Gasteiger partial charge < -0.3 is 9.64 Å². The number of para-hydroxylation sites is 1. The molecule has 0 aromatic heterocycles. The Morgan fingerprint density at radius 2 is 1.63 bits per heavy atom. The van der Waals surface area contributed by atoms with Crippen LogP contribution in [0.2, 0.25) is 0 Å². The molecule has 0 atom stereocenters. The Bertz CT molecular complexity index is 1040. The van der Waals surface area contributed by atoms with E-state index in [1.165, 1.54) is 36.7 Å². The lowest BCUT2D eigenvalue weighted by Gasteiger charge is -2.28. The van der Waals surface area contributed by atoms with Crippen molar-refractivity contribution in [1.29, 1.82) is 0 Å². The van der Waals surface area contributed by atoms with Crippen LogP contribution in [0.25, 0.3) is 6.08 Å². The molecule has 3 heterocycles. The largest absolute Gasteiger partial charge is 0.379 e. The van der Waals surface area contributed by atoms with E-state index in [9.17, 15) is 4.79 Å². The first-order chi connectivity index (χ1) is 17.3. The molecule has 0 radical (unpaired) electrons. The van der Waals surface area contributed by atoms with E-state index in [2.05, 4.69) is 34.1 Å². The van der Waals surface area contributed by atoms with Gasteiger partial charge in [-0.05, 0) is 73.4 Å². The fourth-order valence-electron chi connectivity index (χ4n) is 4.76. The summed E-state index contributed by atoms with van der Waals surface area (Å²) in [6.07, 6.45) is 6.78. The van der Waals surface area contributed by atoms with Crippen LogP contribution in [-0.4, -0.2) is 73.4 Å². The molecule has 0 spiro atoms. The third kappa shape index (κ3) is 6.34. The van der Waals surface area contributed by atoms with Gasteiger partial charge in [0, 0.05) is 45.0 Å². The number of benzene rings is 2. The number of thioether (sulfide) groups is 1. The zero-order valence-corrected chi connectivity index (χ0v) is 21.1. The lowest BCUT2D eigenvalue weighted by Crippen LogP contribution is -2.38. The zero-order valence-electron chi connectivity index (χ0n) is 20.3. The number of rotatable bonds is 7. The number of anilines is 1. The zero-order chi connectivity index (χ0) is 23.9. The number of amides is 1. The van der Waals surface area contributed by atoms with Crippen molar-refractivity contribution in [3.05, 3.63) is 65.1 Å². The van der Waals surface area contributed by atoms with E-state index >= 15 is 0 Å². The van der Waals surface area contributed by atoms with Gasteiger partial charge in [-0.1, -0.05) is 30.3 Å². The summed E-state index contributed by atoms with van der Waals surface area (Å²) < 4.78 is 5.45. The van der Waals surface area contributed by atoms with Crippen LogP contribution >= 0.6 is 11.8 Å². The maximum Gasteiger partial charge on any atom is 0.266 e. The van der Waals surface area contributed by atoms with Crippen LogP contribution in [0.1, 0.15) is 31.2 Å². The smallest absolute Gasteiger partial charge is 0.266 e. The van der Waals surface area contributed by atoms with Gasteiger partial charge in [-0.15, -0.1) is 0 Å². The Hall–Kier alpha value is -2.61. The molecule has 35 heavy (non-hydrogen) atoms. The topological polar surface area (TPSA) is 48.4 Å². The molecule has 3 fully saturated rings. The summed E-state index contributed by atoms with van der Waals surface area (Å²) in [4.78, 5) is 25.7. The average molecular weight is 491 g/mol. The highest BCUT2D eigenvalue weighted by atomic mass is 32.2. The van der Waals surface area contributed by atoms with E-state index in [0.29, 0.717) is 6.54 Å². The number of aliphatic imine (C=N–C) groups is 1. The number of carbonyl (C=O) groups is 1. The van der Waals surface area contributed by atoms with Crippen molar-refractivity contribution >= 4 is 40.3 Å². The highest BCUT2D eigenvalue weighted by Crippen LogP contribution is 2.34. The Balaban J connectivity index is 1.30. The minimum Gasteiger partial charge on any atom is -0.379 e. The van der Waals surface area contributed by atoms with Crippen molar-refractivity contribution in [3.8, 4) is 0 Å². The summed E-state index contributed by atoms with van der Waals surface area (Å²) >= 11 is 1.48. The van der Waals surface area contributed by atoms with Gasteiger partial charge in [-0.25, -0.2) is 4.99 Å². The van der Waals surface area contributed by atoms with E-state index in [-0.39, 0.29) is 5.91 Å². The van der Waals surface area contributed by atoms with Gasteiger partial charge in [0.2, 0.25) is 0 Å². The molecule has 7 heteroatoms. The molecule has 5 rings (SSSR count). The van der Waals surface area contributed by atoms with Crippen LogP contribution < -0.4 is 4.90 Å². The predicted octanol–water partition coefficient (Wildman–Crippen LogP) is 5.00. The summed E-state index contributed by atoms with van der Waals surface area (Å²) in [5, 5.41) is 0.763. The molecule has 1 amide bonds. The highest BCUT2D eigenvalue weighted by molar-refractivity contribution is 8.18. The molecule has 0 aliphatic carbocycles. The van der Waals surface area contributed by atoms with Crippen LogP contribution in [0.15, 0.2) is 64.5 Å². The molecular weight excluding hydrogens is 456 g/mol. The first-order valence-electron chi connectivity index (χ1n) is 12.8. The summed E-state index contributed by atoms with van der Waals surface area (Å²) in [7, 11) is 0. The Morgan fingerprint density at radius 3 is 2.37 bits per heavy atom. The second-order valence-corrected chi connectivity index (χ2v) is 10.3. The Labute approximate surface area is 212 Å². The lowest BCUT2D eigenvalue weighted by molar-refractivity contribution is -0.122. The predicted molar refractivity (Wildman–Crippen MR) is 145 cm³/mol. The third-order valence-electron chi connectivity index (χ3n) is 6.74. The fraction of sp³-hybridized carbons (Fsp3) is 0.429. The molecule has 6 nitrogen and oxygen atoms in total. The minimum absolute atomic E-state index is 0.0479. The van der Waals surface area contributed by atoms with Crippen molar-refractivity contribution in [2.75, 3.05) is 57.4 Å². The van der Waals surface area contributed by atoms with Crippen molar-refractivity contribution in [2.45, 2.75) is 25.7 Å². The number of ether oxygens (including phenoxy) is 1. The Kier molecular flexibility index (Phi) is 8.18. The van der Waals surface area contributed by atoms with Crippen molar-refractivity contribution < 1.29 is 9.53 Å². The quantitative estimate of drug-likeness (QED) is 0.511. The van der Waals surface area contributed by atoms with Gasteiger partial charge in [-0.2, -0.15) is 0 Å². The monoisotopic (exact) mass is 490 g/mol. The molecule has 184 valence electrons. The summed E-state index contributed by atoms with van der Waals surface area (Å²) in [6.45, 7) is 7.41. The second-order valence-electron chi connectivity index (χ2n) is 9.24. The molecule has 0 unspecified atom stereocenters. The van der Waals surface area contributed by atoms with E-state index in [4.69, 9.17) is 9.73 Å². The number of hydrogen-bond acceptors (Lipinski definition) is 6. The van der Waals surface area contributed by atoms with Crippen molar-refractivity contribution in [2.24, 2.45) is 4.99 Å². The Morgan fingerprint density at radius 1 is 0.886 bits per heavy atom. The van der Waals surface area contributed by atoms with Gasteiger partial charge in [-0.3, -0.25) is 14.6 Å². The second kappa shape index (κ2) is 11.9. The van der Waals surface area contributed by atoms with Crippen LogP contribution in [0.3, 0.4) is 0 Å². The normalized spacial score (nSPS) is 21.9. The van der Waals surface area contributed by atoms with Crippen LogP contribution in [-0.2, 0) is 9.53 Å². The lowest BCUT2D eigenvalue weighted by atomic mass is 10.1. The average Bonchev–Trinajstić information content (AvgIpc) is 3.20. The fourth-order valence-corrected chi connectivity index (χ4v) is 5.79. The third-order valence-corrected chi connectivity index (χ3v) is 7.75. The number of nitrogens with zero attached hydrogens (tertiary/aromatic N) is 4. The van der Waals surface area contributed by atoms with E-state index in [1.807, 2.05) is 41.3 Å². The van der Waals surface area contributed by atoms with Gasteiger partial charge in [0.1, 0.15) is 0 Å². The first-order valence-corrected chi connectivity index (χ1v) is 13.6. The summed E-state index contributed by atoms with van der Waals surface area (Å²) in [5.74, 6) is 0.0479. The van der Waals surface area contributed by atoms with Gasteiger partial charge in [0.15, 0.2) is 5.17 Å². The number of carbonyl (C=O) groups excluding carboxylic acids is 1. The molecule has 0 bridgehead atoms. The maximum atomic E-state index is 13.4. The standard InChI is InChI=1S/C28H34N4O2S/c33-27-26(22-23-10-12-25(13-11-23)31-15-5-2-6-16-31)35-28(29-24-8-3-1-4-9-24)32(27)17-7-14-30-18-20-34-21-19-30/h1,3-4,8-13,22H,2,5-7,14-21H2/b26-22-,29-28?. The van der Waals surface area contributed by atoms with E-state index < -0.39 is 0 Å². The van der Waals surface area contributed by atoms with Gasteiger partial charge in [0.25, 0.3) is 5.91 Å². The summed E-state index contributed by atoms with van der Waals surface area (Å²) in [6, 6.07) is 18.5. The highest BCUT2D eigenvalue weighted by Gasteiger charge is 2.33. The summed E-state index contributed by atoms with van der Waals surface area (Å²) in [5.41, 5.74) is 3.19. The van der Waals surface area contributed by atoms with Crippen molar-refractivity contribution in [1.82, 2.24) is 9.80 Å².